The van der Waals surface area contributed by atoms with Crippen molar-refractivity contribution in [3.8, 4) is 0 Å². The molecule has 64 valence electrons. The van der Waals surface area contributed by atoms with Gasteiger partial charge in [0, 0.05) is 17.3 Å². The van der Waals surface area contributed by atoms with Gasteiger partial charge < -0.3 is 11.5 Å². The lowest BCUT2D eigenvalue weighted by atomic mass is 10.1. The van der Waals surface area contributed by atoms with Gasteiger partial charge in [0.1, 0.15) is 5.82 Å². The smallest absolute Gasteiger partial charge is 0.346 e. The third-order valence-corrected chi connectivity index (χ3v) is 2.17. The molecule has 0 saturated heterocycles. The Balaban J connectivity index is 2.52. The number of H-pyrrole nitrogens is 1. The maximum atomic E-state index is 10.7. The molecule has 0 unspecified atom stereocenters. The number of anilines is 1. The maximum Gasteiger partial charge on any atom is 0.346 e. The van der Waals surface area contributed by atoms with Crippen molar-refractivity contribution in [2.75, 3.05) is 5.73 Å². The summed E-state index contributed by atoms with van der Waals surface area (Å²) in [6, 6.07) is 0. The Labute approximate surface area is 68.8 Å². The van der Waals surface area contributed by atoms with Crippen molar-refractivity contribution in [1.82, 2.24) is 9.97 Å². The van der Waals surface area contributed by atoms with Crippen LogP contribution in [0.1, 0.15) is 18.4 Å². The summed E-state index contributed by atoms with van der Waals surface area (Å²) >= 11 is 0. The molecule has 0 spiro atoms. The molecule has 5 heteroatoms. The molecule has 1 saturated carbocycles. The molecule has 2 rings (SSSR count). The molecule has 1 fully saturated rings. The van der Waals surface area contributed by atoms with Crippen molar-refractivity contribution in [1.29, 1.82) is 0 Å². The maximum absolute atomic E-state index is 10.7. The first-order chi connectivity index (χ1) is 5.62. The molecular weight excluding hydrogens is 156 g/mol. The van der Waals surface area contributed by atoms with Crippen LogP contribution in [0.2, 0.25) is 0 Å². The lowest BCUT2D eigenvalue weighted by Crippen LogP contribution is -2.24. The third-order valence-electron chi connectivity index (χ3n) is 2.17. The molecule has 5 N–H and O–H groups in total. The monoisotopic (exact) mass is 166 g/mol. The molecule has 1 heterocycles. The van der Waals surface area contributed by atoms with Crippen LogP contribution in [-0.4, -0.2) is 9.97 Å². The van der Waals surface area contributed by atoms with Crippen molar-refractivity contribution in [2.24, 2.45) is 5.73 Å². The lowest BCUT2D eigenvalue weighted by Gasteiger charge is -2.09. The topological polar surface area (TPSA) is 97.8 Å². The number of aromatic amines is 1. The summed E-state index contributed by atoms with van der Waals surface area (Å²) in [6.07, 6.45) is 3.27. The van der Waals surface area contributed by atoms with Crippen molar-refractivity contribution in [3.05, 3.63) is 22.2 Å². The molecule has 0 amide bonds. The summed E-state index contributed by atoms with van der Waals surface area (Å²) < 4.78 is 0. The highest BCUT2D eigenvalue weighted by Crippen LogP contribution is 2.43. The van der Waals surface area contributed by atoms with Gasteiger partial charge in [0.2, 0.25) is 0 Å². The van der Waals surface area contributed by atoms with Gasteiger partial charge in [-0.05, 0) is 12.8 Å². The van der Waals surface area contributed by atoms with E-state index in [1.807, 2.05) is 0 Å². The summed E-state index contributed by atoms with van der Waals surface area (Å²) in [5, 5.41) is 0. The summed E-state index contributed by atoms with van der Waals surface area (Å²) in [5.41, 5.74) is 11.4. The van der Waals surface area contributed by atoms with Gasteiger partial charge in [0.15, 0.2) is 0 Å². The van der Waals surface area contributed by atoms with E-state index in [-0.39, 0.29) is 5.54 Å². The Morgan fingerprint density at radius 1 is 1.58 bits per heavy atom. The minimum absolute atomic E-state index is 0.332. The number of hydrogen-bond acceptors (Lipinski definition) is 4. The first kappa shape index (κ1) is 7.30. The number of nitrogen functional groups attached to an aromatic ring is 1. The highest BCUT2D eigenvalue weighted by molar-refractivity contribution is 5.44. The van der Waals surface area contributed by atoms with Crippen molar-refractivity contribution < 1.29 is 0 Å². The Hall–Kier alpha value is -1.36. The highest BCUT2D eigenvalue weighted by Gasteiger charge is 2.42. The first-order valence-electron chi connectivity index (χ1n) is 3.76. The van der Waals surface area contributed by atoms with Crippen molar-refractivity contribution in [2.45, 2.75) is 18.4 Å². The van der Waals surface area contributed by atoms with E-state index >= 15 is 0 Å². The minimum Gasteiger partial charge on any atom is -0.385 e. The zero-order chi connectivity index (χ0) is 8.77. The molecule has 12 heavy (non-hydrogen) atoms. The number of hydrogen-bond donors (Lipinski definition) is 3. The Morgan fingerprint density at radius 2 is 2.25 bits per heavy atom. The quantitative estimate of drug-likeness (QED) is 0.513. The normalized spacial score (nSPS) is 19.1. The number of aromatic nitrogens is 2. The molecule has 5 nitrogen and oxygen atoms in total. The molecule has 0 atom stereocenters. The molecule has 0 radical (unpaired) electrons. The van der Waals surface area contributed by atoms with E-state index < -0.39 is 5.69 Å². The summed E-state index contributed by atoms with van der Waals surface area (Å²) in [5.74, 6) is 0.343. The summed E-state index contributed by atoms with van der Waals surface area (Å²) in [4.78, 5) is 16.7. The van der Waals surface area contributed by atoms with Gasteiger partial charge >= 0.3 is 5.69 Å². The molecule has 0 bridgehead atoms. The van der Waals surface area contributed by atoms with Gasteiger partial charge in [-0.25, -0.2) is 9.78 Å². The second-order valence-electron chi connectivity index (χ2n) is 3.17. The molecular formula is C7H10N4O. The largest absolute Gasteiger partial charge is 0.385 e. The van der Waals surface area contributed by atoms with Gasteiger partial charge in [0.25, 0.3) is 0 Å². The van der Waals surface area contributed by atoms with Gasteiger partial charge in [-0.3, -0.25) is 4.98 Å². The van der Waals surface area contributed by atoms with Crippen LogP contribution in [0.5, 0.6) is 0 Å². The van der Waals surface area contributed by atoms with Crippen LogP contribution < -0.4 is 17.2 Å². The first-order valence-corrected chi connectivity index (χ1v) is 3.76. The predicted molar refractivity (Wildman–Crippen MR) is 44.4 cm³/mol. The van der Waals surface area contributed by atoms with Gasteiger partial charge in [-0.2, -0.15) is 0 Å². The van der Waals surface area contributed by atoms with Crippen molar-refractivity contribution in [3.63, 3.8) is 0 Å². The number of nitrogens with two attached hydrogens (primary N) is 2. The second kappa shape index (κ2) is 2.07. The summed E-state index contributed by atoms with van der Waals surface area (Å²) in [7, 11) is 0. The van der Waals surface area contributed by atoms with Crippen LogP contribution in [0.25, 0.3) is 0 Å². The zero-order valence-corrected chi connectivity index (χ0v) is 6.50. The van der Waals surface area contributed by atoms with Crippen LogP contribution in [0, 0.1) is 0 Å². The van der Waals surface area contributed by atoms with Crippen LogP contribution in [0.4, 0.5) is 5.82 Å². The fourth-order valence-corrected chi connectivity index (χ4v) is 1.21. The SMILES string of the molecule is Nc1[nH]c(=O)ncc1C1(N)CC1. The van der Waals surface area contributed by atoms with Crippen LogP contribution in [0.3, 0.4) is 0 Å². The van der Waals surface area contributed by atoms with Crippen LogP contribution in [-0.2, 0) is 5.54 Å². The van der Waals surface area contributed by atoms with Crippen LogP contribution in [0.15, 0.2) is 11.0 Å². The molecule has 0 aliphatic heterocycles. The Bertz CT molecular complexity index is 366. The Morgan fingerprint density at radius 3 is 2.75 bits per heavy atom. The van der Waals surface area contributed by atoms with Gasteiger partial charge in [-0.15, -0.1) is 0 Å². The number of nitrogens with zero attached hydrogens (tertiary/aromatic N) is 1. The van der Waals surface area contributed by atoms with Crippen molar-refractivity contribution >= 4 is 5.82 Å². The molecule has 0 aromatic carbocycles. The molecule has 1 aliphatic rings. The fourth-order valence-electron chi connectivity index (χ4n) is 1.21. The zero-order valence-electron chi connectivity index (χ0n) is 6.50. The average Bonchev–Trinajstić information content (AvgIpc) is 2.68. The van der Waals surface area contributed by atoms with E-state index in [2.05, 4.69) is 9.97 Å². The van der Waals surface area contributed by atoms with E-state index in [0.29, 0.717) is 5.82 Å². The third kappa shape index (κ3) is 0.984. The van der Waals surface area contributed by atoms with Gasteiger partial charge in [0.05, 0.1) is 0 Å². The van der Waals surface area contributed by atoms with Crippen LogP contribution >= 0.6 is 0 Å². The van der Waals surface area contributed by atoms with E-state index in [4.69, 9.17) is 11.5 Å². The van der Waals surface area contributed by atoms with E-state index in [1.54, 1.807) is 0 Å². The fraction of sp³-hybridized carbons (Fsp3) is 0.429. The second-order valence-corrected chi connectivity index (χ2v) is 3.17. The van der Waals surface area contributed by atoms with E-state index in [0.717, 1.165) is 18.4 Å². The molecule has 1 aromatic heterocycles. The Kier molecular flexibility index (Phi) is 1.26. The highest BCUT2D eigenvalue weighted by atomic mass is 16.1. The predicted octanol–water partition coefficient (Wildman–Crippen LogP) is -0.700. The molecule has 1 aromatic rings. The number of rotatable bonds is 1. The minimum atomic E-state index is -0.430. The molecule has 1 aliphatic carbocycles. The summed E-state index contributed by atoms with van der Waals surface area (Å²) in [6.45, 7) is 0. The van der Waals surface area contributed by atoms with E-state index in [9.17, 15) is 4.79 Å². The number of nitrogens with one attached hydrogen (secondary N) is 1. The van der Waals surface area contributed by atoms with E-state index in [1.165, 1.54) is 6.20 Å². The standard InChI is InChI=1S/C7H10N4O/c8-5-4(7(9)1-2-7)3-10-6(12)11-5/h3H,1-2,9H2,(H3,8,10,11,12). The van der Waals surface area contributed by atoms with Gasteiger partial charge in [-0.1, -0.05) is 0 Å². The lowest BCUT2D eigenvalue weighted by molar-refractivity contribution is 0.729. The average molecular weight is 166 g/mol.